The topological polar surface area (TPSA) is 79.5 Å². The summed E-state index contributed by atoms with van der Waals surface area (Å²) in [6, 6.07) is 11.5. The van der Waals surface area contributed by atoms with Gasteiger partial charge in [0, 0.05) is 23.5 Å². The number of nitrogens with one attached hydrogen (secondary N) is 2. The molecule has 0 spiro atoms. The smallest absolute Gasteiger partial charge is 0.248 e. The van der Waals surface area contributed by atoms with Gasteiger partial charge in [-0.15, -0.1) is 11.3 Å². The zero-order valence-corrected chi connectivity index (χ0v) is 15.6. The highest BCUT2D eigenvalue weighted by molar-refractivity contribution is 7.09. The second-order valence-corrected chi connectivity index (χ2v) is 7.06. The number of hydrogen-bond donors (Lipinski definition) is 3. The molecule has 6 heteroatoms. The van der Waals surface area contributed by atoms with Gasteiger partial charge in [-0.3, -0.25) is 4.79 Å². The van der Waals surface area contributed by atoms with Gasteiger partial charge in [0.15, 0.2) is 5.96 Å². The van der Waals surface area contributed by atoms with Crippen LogP contribution in [-0.2, 0) is 13.0 Å². The average molecular weight is 359 g/mol. The maximum Gasteiger partial charge on any atom is 0.248 e. The molecule has 0 fully saturated rings. The molecule has 0 aliphatic carbocycles. The summed E-state index contributed by atoms with van der Waals surface area (Å²) < 4.78 is 0. The van der Waals surface area contributed by atoms with Crippen molar-refractivity contribution in [1.82, 2.24) is 10.6 Å². The Morgan fingerprint density at radius 3 is 2.60 bits per heavy atom. The van der Waals surface area contributed by atoms with E-state index in [0.717, 1.165) is 31.0 Å². The monoisotopic (exact) mass is 358 g/mol. The molecule has 25 heavy (non-hydrogen) atoms. The van der Waals surface area contributed by atoms with Gasteiger partial charge >= 0.3 is 0 Å². The molecule has 134 valence electrons. The predicted octanol–water partition coefficient (Wildman–Crippen LogP) is 2.78. The third kappa shape index (κ3) is 6.58. The van der Waals surface area contributed by atoms with Crippen LogP contribution in [0.3, 0.4) is 0 Å². The molecule has 0 aliphatic heterocycles. The first-order chi connectivity index (χ1) is 12.1. The molecule has 0 saturated heterocycles. The summed E-state index contributed by atoms with van der Waals surface area (Å²) in [5.41, 5.74) is 6.81. The minimum atomic E-state index is -0.412. The van der Waals surface area contributed by atoms with E-state index >= 15 is 0 Å². The van der Waals surface area contributed by atoms with Gasteiger partial charge in [-0.05, 0) is 48.4 Å². The van der Waals surface area contributed by atoms with Crippen LogP contribution in [-0.4, -0.2) is 25.0 Å². The Bertz CT molecular complexity index is 680. The van der Waals surface area contributed by atoms with Crippen LogP contribution < -0.4 is 16.4 Å². The summed E-state index contributed by atoms with van der Waals surface area (Å²) >= 11 is 1.80. The van der Waals surface area contributed by atoms with E-state index in [0.29, 0.717) is 18.0 Å². The number of carbonyl (C=O) groups is 1. The minimum absolute atomic E-state index is 0.412. The predicted molar refractivity (Wildman–Crippen MR) is 105 cm³/mol. The first-order valence-electron chi connectivity index (χ1n) is 8.51. The number of amides is 1. The van der Waals surface area contributed by atoms with Crippen LogP contribution in [0, 0.1) is 5.92 Å². The molecule has 0 aliphatic rings. The highest BCUT2D eigenvalue weighted by Crippen LogP contribution is 2.13. The Kier molecular flexibility index (Phi) is 7.47. The minimum Gasteiger partial charge on any atom is -0.366 e. The van der Waals surface area contributed by atoms with Gasteiger partial charge in [0.1, 0.15) is 0 Å². The second-order valence-electron chi connectivity index (χ2n) is 6.03. The molecule has 1 amide bonds. The van der Waals surface area contributed by atoms with Crippen molar-refractivity contribution in [2.24, 2.45) is 16.6 Å². The fourth-order valence-corrected chi connectivity index (χ4v) is 3.27. The zero-order valence-electron chi connectivity index (χ0n) is 14.8. The van der Waals surface area contributed by atoms with E-state index < -0.39 is 5.91 Å². The summed E-state index contributed by atoms with van der Waals surface area (Å²) in [6.07, 6.45) is 1.07. The van der Waals surface area contributed by atoms with Crippen molar-refractivity contribution in [1.29, 1.82) is 0 Å². The van der Waals surface area contributed by atoms with E-state index in [9.17, 15) is 4.79 Å². The van der Waals surface area contributed by atoms with Crippen LogP contribution in [0.25, 0.3) is 0 Å². The number of nitrogens with zero attached hydrogens (tertiary/aromatic N) is 1. The molecule has 2 rings (SSSR count). The van der Waals surface area contributed by atoms with E-state index in [4.69, 9.17) is 5.73 Å². The first-order valence-corrected chi connectivity index (χ1v) is 9.39. The van der Waals surface area contributed by atoms with E-state index in [1.165, 1.54) is 4.88 Å². The number of carbonyl (C=O) groups excluding carboxylic acids is 1. The van der Waals surface area contributed by atoms with Crippen LogP contribution in [0.5, 0.6) is 0 Å². The molecule has 5 nitrogen and oxygen atoms in total. The number of primary amides is 1. The Hall–Kier alpha value is -2.34. The third-order valence-corrected chi connectivity index (χ3v) is 4.65. The second kappa shape index (κ2) is 9.84. The number of thiophene rings is 1. The van der Waals surface area contributed by atoms with Crippen LogP contribution in [0.1, 0.15) is 34.6 Å². The summed E-state index contributed by atoms with van der Waals surface area (Å²) in [7, 11) is 0. The first kappa shape index (κ1) is 19.0. The Morgan fingerprint density at radius 2 is 2.00 bits per heavy atom. The average Bonchev–Trinajstić information content (AvgIpc) is 3.10. The molecular weight excluding hydrogens is 332 g/mol. The fourth-order valence-electron chi connectivity index (χ4n) is 2.40. The number of benzene rings is 1. The maximum absolute atomic E-state index is 11.1. The lowest BCUT2D eigenvalue weighted by Gasteiger charge is -2.15. The van der Waals surface area contributed by atoms with Gasteiger partial charge < -0.3 is 16.4 Å². The van der Waals surface area contributed by atoms with E-state index in [1.54, 1.807) is 23.5 Å². The van der Waals surface area contributed by atoms with Gasteiger partial charge in [0.25, 0.3) is 0 Å². The Labute approximate surface area is 153 Å². The van der Waals surface area contributed by atoms with Crippen molar-refractivity contribution in [3.63, 3.8) is 0 Å². The lowest BCUT2D eigenvalue weighted by Crippen LogP contribution is -2.39. The molecule has 1 aromatic carbocycles. The molecular formula is C19H26N4OS. The van der Waals surface area contributed by atoms with Crippen molar-refractivity contribution in [3.8, 4) is 0 Å². The SMILES string of the molecule is CCNC(=NCc1ccc(C(N)=O)cc1)NCC(C)Cc1cccs1. The number of aliphatic imine (C=N–C) groups is 1. The van der Waals surface area contributed by atoms with Gasteiger partial charge in [0.2, 0.25) is 5.91 Å². The standard InChI is InChI=1S/C19H26N4OS/c1-3-21-19(22-12-14(2)11-17-5-4-10-25-17)23-13-15-6-8-16(9-7-15)18(20)24/h4-10,14H,3,11-13H2,1-2H3,(H2,20,24)(H2,21,22,23). The summed E-state index contributed by atoms with van der Waals surface area (Å²) in [6.45, 7) is 6.51. The van der Waals surface area contributed by atoms with E-state index in [-0.39, 0.29) is 0 Å². The van der Waals surface area contributed by atoms with Crippen molar-refractivity contribution in [3.05, 3.63) is 57.8 Å². The third-order valence-electron chi connectivity index (χ3n) is 3.75. The zero-order chi connectivity index (χ0) is 18.1. The summed E-state index contributed by atoms with van der Waals surface area (Å²) in [5.74, 6) is 0.918. The fraction of sp³-hybridized carbons (Fsp3) is 0.368. The molecule has 4 N–H and O–H groups in total. The molecule has 0 bridgehead atoms. The number of nitrogens with two attached hydrogens (primary N) is 1. The normalized spacial score (nSPS) is 12.6. The van der Waals surface area contributed by atoms with Crippen molar-refractivity contribution < 1.29 is 4.79 Å². The Morgan fingerprint density at radius 1 is 1.24 bits per heavy atom. The van der Waals surface area contributed by atoms with E-state index in [1.807, 2.05) is 19.1 Å². The molecule has 1 heterocycles. The summed E-state index contributed by atoms with van der Waals surface area (Å²) in [4.78, 5) is 17.1. The maximum atomic E-state index is 11.1. The van der Waals surface area contributed by atoms with Crippen LogP contribution in [0.15, 0.2) is 46.8 Å². The van der Waals surface area contributed by atoms with Gasteiger partial charge in [-0.1, -0.05) is 25.1 Å². The lowest BCUT2D eigenvalue weighted by atomic mass is 10.1. The molecule has 2 aromatic rings. The van der Waals surface area contributed by atoms with Crippen LogP contribution in [0.2, 0.25) is 0 Å². The van der Waals surface area contributed by atoms with Gasteiger partial charge in [-0.2, -0.15) is 0 Å². The molecule has 1 atom stereocenters. The van der Waals surface area contributed by atoms with Gasteiger partial charge in [-0.25, -0.2) is 4.99 Å². The quantitative estimate of drug-likeness (QED) is 0.501. The highest BCUT2D eigenvalue weighted by atomic mass is 32.1. The van der Waals surface area contributed by atoms with Crippen molar-refractivity contribution in [2.45, 2.75) is 26.8 Å². The van der Waals surface area contributed by atoms with Gasteiger partial charge in [0.05, 0.1) is 6.54 Å². The highest BCUT2D eigenvalue weighted by Gasteiger charge is 2.06. The summed E-state index contributed by atoms with van der Waals surface area (Å²) in [5, 5.41) is 8.78. The molecule has 1 aromatic heterocycles. The number of hydrogen-bond acceptors (Lipinski definition) is 3. The van der Waals surface area contributed by atoms with Crippen LogP contribution >= 0.6 is 11.3 Å². The number of rotatable bonds is 8. The number of guanidine groups is 1. The molecule has 0 saturated carbocycles. The van der Waals surface area contributed by atoms with Crippen LogP contribution in [0.4, 0.5) is 0 Å². The molecule has 0 radical (unpaired) electrons. The van der Waals surface area contributed by atoms with Crippen molar-refractivity contribution in [2.75, 3.05) is 13.1 Å². The van der Waals surface area contributed by atoms with E-state index in [2.05, 4.69) is 40.1 Å². The molecule has 1 unspecified atom stereocenters. The largest absolute Gasteiger partial charge is 0.366 e. The lowest BCUT2D eigenvalue weighted by molar-refractivity contribution is 0.100. The van der Waals surface area contributed by atoms with Crippen molar-refractivity contribution >= 4 is 23.2 Å². The Balaban J connectivity index is 1.87.